The van der Waals surface area contributed by atoms with E-state index in [2.05, 4.69) is 10.4 Å². The monoisotopic (exact) mass is 360 g/mol. The smallest absolute Gasteiger partial charge is 0.308 e. The van der Waals surface area contributed by atoms with Crippen LogP contribution in [0, 0.1) is 11.8 Å². The highest BCUT2D eigenvalue weighted by Gasteiger charge is 2.39. The van der Waals surface area contributed by atoms with Gasteiger partial charge in [0, 0.05) is 25.7 Å². The number of likely N-dealkylation sites (tertiary alicyclic amines) is 1. The average Bonchev–Trinajstić information content (AvgIpc) is 3.36. The minimum Gasteiger partial charge on any atom is -0.481 e. The molecule has 2 aliphatic heterocycles. The minimum atomic E-state index is -0.955. The van der Waals surface area contributed by atoms with E-state index in [1.807, 2.05) is 4.68 Å². The standard InChI is InChI=1S/C18H24N4O4/c23-16(20-13-4-5-13)11-7-12(18(25)26)10-21(9-11)17(24)14-8-19-22-6-2-1-3-15(14)22/h8,11-13H,1-7,9-10H2,(H,20,23)(H,25,26)/t11-,12+/m1/s1. The number of amides is 2. The summed E-state index contributed by atoms with van der Waals surface area (Å²) < 4.78 is 1.87. The summed E-state index contributed by atoms with van der Waals surface area (Å²) in [7, 11) is 0. The highest BCUT2D eigenvalue weighted by Crippen LogP contribution is 2.27. The molecule has 8 heteroatoms. The van der Waals surface area contributed by atoms with Gasteiger partial charge in [0.1, 0.15) is 0 Å². The maximum atomic E-state index is 13.1. The topological polar surface area (TPSA) is 105 Å². The Morgan fingerprint density at radius 1 is 1.15 bits per heavy atom. The zero-order valence-corrected chi connectivity index (χ0v) is 14.7. The number of nitrogens with zero attached hydrogens (tertiary/aromatic N) is 3. The van der Waals surface area contributed by atoms with Crippen molar-refractivity contribution >= 4 is 17.8 Å². The van der Waals surface area contributed by atoms with E-state index in [0.29, 0.717) is 5.56 Å². The van der Waals surface area contributed by atoms with Crippen molar-refractivity contribution in [2.75, 3.05) is 13.1 Å². The first-order valence-electron chi connectivity index (χ1n) is 9.40. The second-order valence-corrected chi connectivity index (χ2v) is 7.65. The first-order chi connectivity index (χ1) is 12.5. The predicted octanol–water partition coefficient (Wildman–Crippen LogP) is 0.661. The summed E-state index contributed by atoms with van der Waals surface area (Å²) in [6, 6.07) is 0.222. The molecule has 26 heavy (non-hydrogen) atoms. The maximum Gasteiger partial charge on any atom is 0.308 e. The molecule has 0 radical (unpaired) electrons. The van der Waals surface area contributed by atoms with E-state index < -0.39 is 17.8 Å². The Balaban J connectivity index is 1.53. The molecule has 0 unspecified atom stereocenters. The Morgan fingerprint density at radius 2 is 1.92 bits per heavy atom. The second kappa shape index (κ2) is 6.74. The van der Waals surface area contributed by atoms with Gasteiger partial charge in [0.25, 0.3) is 5.91 Å². The number of carbonyl (C=O) groups excluding carboxylic acids is 2. The molecule has 1 aliphatic carbocycles. The van der Waals surface area contributed by atoms with Crippen LogP contribution in [-0.4, -0.2) is 56.7 Å². The van der Waals surface area contributed by atoms with Crippen LogP contribution in [0.2, 0.25) is 0 Å². The zero-order valence-electron chi connectivity index (χ0n) is 14.7. The molecule has 140 valence electrons. The lowest BCUT2D eigenvalue weighted by molar-refractivity contribution is -0.144. The van der Waals surface area contributed by atoms with Crippen molar-refractivity contribution in [2.45, 2.75) is 51.1 Å². The highest BCUT2D eigenvalue weighted by atomic mass is 16.4. The van der Waals surface area contributed by atoms with Crippen molar-refractivity contribution in [1.82, 2.24) is 20.0 Å². The van der Waals surface area contributed by atoms with Gasteiger partial charge in [0.15, 0.2) is 0 Å². The van der Waals surface area contributed by atoms with Crippen molar-refractivity contribution in [3.05, 3.63) is 17.5 Å². The molecule has 2 fully saturated rings. The van der Waals surface area contributed by atoms with Gasteiger partial charge in [-0.1, -0.05) is 0 Å². The quantitative estimate of drug-likeness (QED) is 0.821. The Hall–Kier alpha value is -2.38. The molecule has 1 saturated carbocycles. The molecule has 3 aliphatic rings. The zero-order chi connectivity index (χ0) is 18.3. The Labute approximate surface area is 151 Å². The van der Waals surface area contributed by atoms with Crippen molar-refractivity contribution < 1.29 is 19.5 Å². The Bertz CT molecular complexity index is 740. The Morgan fingerprint density at radius 3 is 2.65 bits per heavy atom. The summed E-state index contributed by atoms with van der Waals surface area (Å²) in [5.74, 6) is -2.48. The lowest BCUT2D eigenvalue weighted by Gasteiger charge is -2.35. The van der Waals surface area contributed by atoms with Crippen molar-refractivity contribution in [3.63, 3.8) is 0 Å². The second-order valence-electron chi connectivity index (χ2n) is 7.65. The minimum absolute atomic E-state index is 0.131. The van der Waals surface area contributed by atoms with E-state index >= 15 is 0 Å². The number of nitrogens with one attached hydrogen (secondary N) is 1. The summed E-state index contributed by atoms with van der Waals surface area (Å²) in [6.45, 7) is 1.23. The van der Waals surface area contributed by atoms with Gasteiger partial charge < -0.3 is 15.3 Å². The molecule has 2 N–H and O–H groups in total. The molecule has 4 rings (SSSR count). The predicted molar refractivity (Wildman–Crippen MR) is 91.5 cm³/mol. The van der Waals surface area contributed by atoms with Crippen LogP contribution in [0.5, 0.6) is 0 Å². The van der Waals surface area contributed by atoms with Crippen LogP contribution >= 0.6 is 0 Å². The molecule has 8 nitrogen and oxygen atoms in total. The third-order valence-corrected chi connectivity index (χ3v) is 5.59. The number of carboxylic acid groups (broad SMARTS) is 1. The van der Waals surface area contributed by atoms with E-state index in [1.165, 1.54) is 4.90 Å². The fraction of sp³-hybridized carbons (Fsp3) is 0.667. The molecule has 0 spiro atoms. The van der Waals surface area contributed by atoms with Crippen LogP contribution in [-0.2, 0) is 22.6 Å². The van der Waals surface area contributed by atoms with Crippen LogP contribution in [0.4, 0.5) is 0 Å². The molecule has 1 saturated heterocycles. The number of aliphatic carboxylic acids is 1. The van der Waals surface area contributed by atoms with Crippen LogP contribution < -0.4 is 5.32 Å². The molecule has 2 atom stereocenters. The third-order valence-electron chi connectivity index (χ3n) is 5.59. The van der Waals surface area contributed by atoms with Gasteiger partial charge in [-0.3, -0.25) is 19.1 Å². The van der Waals surface area contributed by atoms with Crippen LogP contribution in [0.25, 0.3) is 0 Å². The first-order valence-corrected chi connectivity index (χ1v) is 9.40. The van der Waals surface area contributed by atoms with E-state index in [9.17, 15) is 19.5 Å². The highest BCUT2D eigenvalue weighted by molar-refractivity contribution is 5.96. The van der Waals surface area contributed by atoms with Crippen LogP contribution in [0.1, 0.15) is 48.2 Å². The molecule has 3 heterocycles. The van der Waals surface area contributed by atoms with Gasteiger partial charge in [-0.15, -0.1) is 0 Å². The molecule has 2 amide bonds. The van der Waals surface area contributed by atoms with Gasteiger partial charge in [-0.25, -0.2) is 0 Å². The van der Waals surface area contributed by atoms with Crippen LogP contribution in [0.15, 0.2) is 6.20 Å². The van der Waals surface area contributed by atoms with Gasteiger partial charge in [-0.2, -0.15) is 5.10 Å². The number of piperidine rings is 1. The fourth-order valence-electron chi connectivity index (χ4n) is 3.95. The molecule has 0 bridgehead atoms. The van der Waals surface area contributed by atoms with Gasteiger partial charge in [0.05, 0.1) is 29.3 Å². The third kappa shape index (κ3) is 3.32. The lowest BCUT2D eigenvalue weighted by atomic mass is 9.88. The molecule has 0 aromatic carbocycles. The number of fused-ring (bicyclic) bond motifs is 1. The molecular formula is C18H24N4O4. The van der Waals surface area contributed by atoms with Crippen molar-refractivity contribution in [1.29, 1.82) is 0 Å². The fourth-order valence-corrected chi connectivity index (χ4v) is 3.95. The lowest BCUT2D eigenvalue weighted by Crippen LogP contribution is -2.50. The Kier molecular flexibility index (Phi) is 4.42. The number of rotatable bonds is 4. The van der Waals surface area contributed by atoms with Crippen LogP contribution in [0.3, 0.4) is 0 Å². The molecule has 1 aromatic rings. The van der Waals surface area contributed by atoms with Gasteiger partial charge >= 0.3 is 5.97 Å². The number of carbonyl (C=O) groups is 3. The number of hydrogen-bond donors (Lipinski definition) is 2. The van der Waals surface area contributed by atoms with Gasteiger partial charge in [-0.05, 0) is 38.5 Å². The normalized spacial score (nSPS) is 25.5. The first kappa shape index (κ1) is 17.1. The number of hydrogen-bond acceptors (Lipinski definition) is 4. The van der Waals surface area contributed by atoms with E-state index in [0.717, 1.165) is 44.3 Å². The van der Waals surface area contributed by atoms with E-state index in [-0.39, 0.29) is 37.4 Å². The summed E-state index contributed by atoms with van der Waals surface area (Å²) in [5.41, 5.74) is 1.48. The largest absolute Gasteiger partial charge is 0.481 e. The summed E-state index contributed by atoms with van der Waals surface area (Å²) in [5, 5.41) is 16.7. The van der Waals surface area contributed by atoms with Gasteiger partial charge in [0.2, 0.25) is 5.91 Å². The number of aromatic nitrogens is 2. The summed E-state index contributed by atoms with van der Waals surface area (Å²) in [6.07, 6.45) is 6.71. The van der Waals surface area contributed by atoms with Crippen molar-refractivity contribution in [3.8, 4) is 0 Å². The number of aryl methyl sites for hydroxylation is 1. The SMILES string of the molecule is O=C(O)[C@H]1C[C@@H](C(=O)NC2CC2)CN(C(=O)c2cnn3c2CCCC3)C1. The molecular weight excluding hydrogens is 336 g/mol. The summed E-state index contributed by atoms with van der Waals surface area (Å²) >= 11 is 0. The van der Waals surface area contributed by atoms with Crippen molar-refractivity contribution in [2.24, 2.45) is 11.8 Å². The summed E-state index contributed by atoms with van der Waals surface area (Å²) in [4.78, 5) is 38.6. The molecule has 1 aromatic heterocycles. The number of carboxylic acids is 1. The average molecular weight is 360 g/mol. The van der Waals surface area contributed by atoms with E-state index in [1.54, 1.807) is 6.20 Å². The maximum absolute atomic E-state index is 13.1. The van der Waals surface area contributed by atoms with E-state index in [4.69, 9.17) is 0 Å².